The number of thioether (sulfide) groups is 1. The molecule has 0 bridgehead atoms. The number of thiophene rings is 3. The molecule has 0 aromatic carbocycles. The highest BCUT2D eigenvalue weighted by Crippen LogP contribution is 2.40. The summed E-state index contributed by atoms with van der Waals surface area (Å²) in [6.07, 6.45) is 8.79. The van der Waals surface area contributed by atoms with E-state index in [-0.39, 0.29) is 5.12 Å². The number of hydrogen-bond acceptors (Lipinski definition) is 5. The molecule has 0 atom stereocenters. The van der Waals surface area contributed by atoms with Gasteiger partial charge in [0.2, 0.25) is 0 Å². The summed E-state index contributed by atoms with van der Waals surface area (Å²) in [5.41, 5.74) is 0. The van der Waals surface area contributed by atoms with E-state index in [1.54, 1.807) is 18.3 Å². The highest BCUT2D eigenvalue weighted by molar-refractivity contribution is 8.13. The molecule has 3 rings (SSSR count). The van der Waals surface area contributed by atoms with Gasteiger partial charge in [-0.1, -0.05) is 17.7 Å². The van der Waals surface area contributed by atoms with Gasteiger partial charge in [-0.3, -0.25) is 4.79 Å². The highest BCUT2D eigenvalue weighted by Gasteiger charge is 2.09. The lowest BCUT2D eigenvalue weighted by molar-refractivity contribution is -0.109. The minimum atomic E-state index is 0.215. The lowest BCUT2D eigenvalue weighted by Crippen LogP contribution is -1.88. The SMILES string of the molecule is C#Cc1ccc(-c2ccc(-c3ccc(CCCCSC(C)=O)s3)s2)s1. The largest absolute Gasteiger partial charge is 0.288 e. The number of rotatable bonds is 7. The Bertz CT molecular complexity index is 891. The molecule has 0 amide bonds. The van der Waals surface area contributed by atoms with Gasteiger partial charge in [0.15, 0.2) is 5.12 Å². The van der Waals surface area contributed by atoms with Gasteiger partial charge in [-0.2, -0.15) is 0 Å². The molecule has 0 saturated carbocycles. The molecule has 3 aromatic rings. The van der Waals surface area contributed by atoms with Crippen molar-refractivity contribution in [2.45, 2.75) is 26.2 Å². The minimum Gasteiger partial charge on any atom is -0.288 e. The predicted molar refractivity (Wildman–Crippen MR) is 115 cm³/mol. The van der Waals surface area contributed by atoms with Crippen LogP contribution in [0.3, 0.4) is 0 Å². The Labute approximate surface area is 165 Å². The third-order valence-electron chi connectivity index (χ3n) is 3.62. The van der Waals surface area contributed by atoms with E-state index in [1.807, 2.05) is 28.7 Å². The minimum absolute atomic E-state index is 0.215. The summed E-state index contributed by atoms with van der Waals surface area (Å²) in [5, 5.41) is 0.215. The zero-order valence-electron chi connectivity index (χ0n) is 13.9. The second-order valence-corrected chi connectivity index (χ2v) is 10.1. The molecule has 1 nitrogen and oxygen atoms in total. The summed E-state index contributed by atoms with van der Waals surface area (Å²) < 4.78 is 0. The van der Waals surface area contributed by atoms with Crippen LogP contribution in [0.4, 0.5) is 0 Å². The van der Waals surface area contributed by atoms with Crippen LogP contribution in [-0.4, -0.2) is 10.9 Å². The van der Waals surface area contributed by atoms with E-state index >= 15 is 0 Å². The summed E-state index contributed by atoms with van der Waals surface area (Å²) in [4.78, 5) is 18.5. The molecule has 0 N–H and O–H groups in total. The summed E-state index contributed by atoms with van der Waals surface area (Å²) >= 11 is 6.80. The molecular formula is C20H18OS4. The van der Waals surface area contributed by atoms with Gasteiger partial charge in [0.05, 0.1) is 4.88 Å². The number of carbonyl (C=O) groups is 1. The van der Waals surface area contributed by atoms with Crippen LogP contribution in [0, 0.1) is 12.3 Å². The Balaban J connectivity index is 1.59. The van der Waals surface area contributed by atoms with Crippen molar-refractivity contribution >= 4 is 50.9 Å². The van der Waals surface area contributed by atoms with Gasteiger partial charge in [-0.25, -0.2) is 0 Å². The van der Waals surface area contributed by atoms with Crippen LogP contribution in [0.15, 0.2) is 36.4 Å². The normalized spacial score (nSPS) is 10.7. The van der Waals surface area contributed by atoms with Crippen LogP contribution in [0.5, 0.6) is 0 Å². The maximum atomic E-state index is 10.9. The molecule has 0 radical (unpaired) electrons. The molecule has 0 aliphatic heterocycles. The molecule has 0 aliphatic carbocycles. The first-order chi connectivity index (χ1) is 12.2. The zero-order chi connectivity index (χ0) is 17.6. The standard InChI is InChI=1S/C20H18OS4/c1-3-15-7-9-17(23-15)19-11-12-20(25-19)18-10-8-16(24-18)6-4-5-13-22-14(2)21/h1,7-12H,4-6,13H2,2H3. The first-order valence-electron chi connectivity index (χ1n) is 8.05. The highest BCUT2D eigenvalue weighted by atomic mass is 32.2. The fraction of sp³-hybridized carbons (Fsp3) is 0.250. The second kappa shape index (κ2) is 8.86. The third kappa shape index (κ3) is 5.08. The predicted octanol–water partition coefficient (Wildman–Crippen LogP) is 6.79. The van der Waals surface area contributed by atoms with Gasteiger partial charge in [-0.05, 0) is 55.7 Å². The van der Waals surface area contributed by atoms with Gasteiger partial charge in [0, 0.05) is 37.1 Å². The Morgan fingerprint density at radius 3 is 2.28 bits per heavy atom. The van der Waals surface area contributed by atoms with E-state index in [9.17, 15) is 4.79 Å². The number of unbranched alkanes of at least 4 members (excludes halogenated alkanes) is 1. The lowest BCUT2D eigenvalue weighted by Gasteiger charge is -1.97. The number of terminal acetylenes is 1. The van der Waals surface area contributed by atoms with Crippen molar-refractivity contribution < 1.29 is 4.79 Å². The van der Waals surface area contributed by atoms with E-state index in [4.69, 9.17) is 6.42 Å². The van der Waals surface area contributed by atoms with Gasteiger partial charge in [0.1, 0.15) is 0 Å². The van der Waals surface area contributed by atoms with Crippen molar-refractivity contribution in [3.05, 3.63) is 46.2 Å². The first-order valence-corrected chi connectivity index (χ1v) is 11.5. The van der Waals surface area contributed by atoms with E-state index in [1.165, 1.54) is 36.1 Å². The van der Waals surface area contributed by atoms with Crippen molar-refractivity contribution in [3.63, 3.8) is 0 Å². The van der Waals surface area contributed by atoms with E-state index in [2.05, 4.69) is 36.3 Å². The van der Waals surface area contributed by atoms with Crippen LogP contribution in [0.25, 0.3) is 19.5 Å². The molecule has 0 saturated heterocycles. The Hall–Kier alpha value is -1.32. The van der Waals surface area contributed by atoms with Crippen LogP contribution in [-0.2, 0) is 11.2 Å². The second-order valence-electron chi connectivity index (χ2n) is 5.54. The molecule has 5 heteroatoms. The number of hydrogen-bond donors (Lipinski definition) is 0. The van der Waals surface area contributed by atoms with Crippen molar-refractivity contribution in [2.24, 2.45) is 0 Å². The molecule has 0 fully saturated rings. The molecule has 3 aromatic heterocycles. The summed E-state index contributed by atoms with van der Waals surface area (Å²) in [7, 11) is 0. The van der Waals surface area contributed by atoms with Crippen LogP contribution < -0.4 is 0 Å². The monoisotopic (exact) mass is 402 g/mol. The molecule has 0 spiro atoms. The van der Waals surface area contributed by atoms with Gasteiger partial charge < -0.3 is 0 Å². The quantitative estimate of drug-likeness (QED) is 0.320. The van der Waals surface area contributed by atoms with E-state index < -0.39 is 0 Å². The molecular weight excluding hydrogens is 384 g/mol. The Morgan fingerprint density at radius 2 is 1.60 bits per heavy atom. The number of aryl methyl sites for hydroxylation is 1. The average Bonchev–Trinajstić information content (AvgIpc) is 3.33. The maximum Gasteiger partial charge on any atom is 0.185 e. The maximum absolute atomic E-state index is 10.9. The number of carbonyl (C=O) groups excluding carboxylic acids is 1. The smallest absolute Gasteiger partial charge is 0.185 e. The summed E-state index contributed by atoms with van der Waals surface area (Å²) in [5.74, 6) is 3.63. The van der Waals surface area contributed by atoms with Crippen molar-refractivity contribution in [2.75, 3.05) is 5.75 Å². The summed E-state index contributed by atoms with van der Waals surface area (Å²) in [6.45, 7) is 1.63. The van der Waals surface area contributed by atoms with Gasteiger partial charge in [-0.15, -0.1) is 40.4 Å². The van der Waals surface area contributed by atoms with Gasteiger partial charge in [0.25, 0.3) is 0 Å². The zero-order valence-corrected chi connectivity index (χ0v) is 17.2. The fourth-order valence-corrected chi connectivity index (χ4v) is 6.10. The topological polar surface area (TPSA) is 17.1 Å². The lowest BCUT2D eigenvalue weighted by atomic mass is 10.2. The molecule has 0 aliphatic rings. The molecule has 25 heavy (non-hydrogen) atoms. The van der Waals surface area contributed by atoms with Crippen molar-refractivity contribution in [3.8, 4) is 31.9 Å². The molecule has 3 heterocycles. The van der Waals surface area contributed by atoms with Crippen LogP contribution >= 0.6 is 45.8 Å². The van der Waals surface area contributed by atoms with Crippen molar-refractivity contribution in [1.29, 1.82) is 0 Å². The van der Waals surface area contributed by atoms with E-state index in [0.29, 0.717) is 0 Å². The average molecular weight is 403 g/mol. The third-order valence-corrected chi connectivity index (χ3v) is 8.16. The van der Waals surface area contributed by atoms with Crippen LogP contribution in [0.2, 0.25) is 0 Å². The fourth-order valence-electron chi connectivity index (χ4n) is 2.41. The Kier molecular flexibility index (Phi) is 6.55. The van der Waals surface area contributed by atoms with Crippen LogP contribution in [0.1, 0.15) is 29.5 Å². The van der Waals surface area contributed by atoms with E-state index in [0.717, 1.165) is 29.9 Å². The summed E-state index contributed by atoms with van der Waals surface area (Å²) in [6, 6.07) is 13.0. The van der Waals surface area contributed by atoms with Gasteiger partial charge >= 0.3 is 0 Å². The first kappa shape index (κ1) is 18.5. The molecule has 128 valence electrons. The Morgan fingerprint density at radius 1 is 0.960 bits per heavy atom. The van der Waals surface area contributed by atoms with Crippen molar-refractivity contribution in [1.82, 2.24) is 0 Å². The molecule has 0 unspecified atom stereocenters.